The van der Waals surface area contributed by atoms with Crippen LogP contribution in [0.4, 0.5) is 0 Å². The van der Waals surface area contributed by atoms with E-state index < -0.39 is 0 Å². The summed E-state index contributed by atoms with van der Waals surface area (Å²) >= 11 is 0. The second-order valence-corrected chi connectivity index (χ2v) is 33.7. The average Bonchev–Trinajstić information content (AvgIpc) is 1.55. The summed E-state index contributed by atoms with van der Waals surface area (Å²) < 4.78 is 14.4. The van der Waals surface area contributed by atoms with E-state index in [0.717, 1.165) is 101 Å². The quantitative estimate of drug-likeness (QED) is 0.122. The maximum Gasteiger partial charge on any atom is 0.235 e. The first kappa shape index (κ1) is 76.6. The smallest absolute Gasteiger partial charge is 0.235 e. The Bertz CT molecular complexity index is 8080. The molecule has 0 fully saturated rings. The van der Waals surface area contributed by atoms with Gasteiger partial charge in [-0.2, -0.15) is 0 Å². The highest BCUT2D eigenvalue weighted by Crippen LogP contribution is 2.48. The molecule has 19 aromatic carbocycles. The van der Waals surface area contributed by atoms with Gasteiger partial charge in [0.25, 0.3) is 0 Å². The molecule has 0 bridgehead atoms. The van der Waals surface area contributed by atoms with E-state index in [4.69, 9.17) is 15.0 Å². The normalized spacial score (nSPS) is 11.6. The molecule has 0 aliphatic rings. The third-order valence-electron chi connectivity index (χ3n) is 26.1. The first-order valence-electron chi connectivity index (χ1n) is 45.0. The highest BCUT2D eigenvalue weighted by atomic mass is 15.2. The second-order valence-electron chi connectivity index (χ2n) is 33.7. The van der Waals surface area contributed by atoms with Crippen LogP contribution in [0.1, 0.15) is 0 Å². The monoisotopic (exact) mass is 1680 g/mol. The van der Waals surface area contributed by atoms with Gasteiger partial charge in [-0.25, -0.2) is 15.0 Å². The summed E-state index contributed by atoms with van der Waals surface area (Å²) in [5.41, 5.74) is 31.6. The molecule has 0 aliphatic carbocycles. The van der Waals surface area contributed by atoms with Crippen molar-refractivity contribution >= 4 is 131 Å². The molecule has 9 heteroatoms. The Hall–Kier alpha value is -17.8. The van der Waals surface area contributed by atoms with Crippen LogP contribution in [0.2, 0.25) is 0 Å². The Morgan fingerprint density at radius 2 is 0.348 bits per heavy atom. The number of benzene rings is 19. The van der Waals surface area contributed by atoms with E-state index in [1.165, 1.54) is 126 Å². The minimum Gasteiger partial charge on any atom is -0.307 e. The molecule has 27 aromatic rings. The molecule has 0 saturated carbocycles. The van der Waals surface area contributed by atoms with Crippen LogP contribution in [0.3, 0.4) is 0 Å². The van der Waals surface area contributed by atoms with Crippen LogP contribution >= 0.6 is 0 Å². The first-order valence-corrected chi connectivity index (χ1v) is 45.0. The lowest BCUT2D eigenvalue weighted by molar-refractivity contribution is 0.995. The molecule has 132 heavy (non-hydrogen) atoms. The van der Waals surface area contributed by atoms with Crippen molar-refractivity contribution in [2.24, 2.45) is 0 Å². The molecule has 9 nitrogen and oxygen atoms in total. The SMILES string of the molecule is c1ccc(-c2cc(-c3ccccc3)cc(-n3c4ccccc4c4ccc5c6ccccc6n(-c6ccccc6)c5c43)c2)cc1.c1ccc(-c2cc(-c3ccccc3)nc(-n3c4ccccc4c4ccc5c6ccccc6n(-c6ccccc6)c5c43)c2)cc1.c1ccc(-c2cc(-c3ccccc3)nc(-n3c4ccccc4c4ccc5c6ccccc6n(-c6ccccc6)c5c43)n2)cc1. The molecular formula is C123H81N9. The molecule has 0 saturated heterocycles. The fourth-order valence-corrected chi connectivity index (χ4v) is 20.3. The molecule has 27 rings (SSSR count). The zero-order valence-corrected chi connectivity index (χ0v) is 71.8. The van der Waals surface area contributed by atoms with Gasteiger partial charge in [-0.3, -0.25) is 9.13 Å². The zero-order chi connectivity index (χ0) is 87.1. The minimum absolute atomic E-state index is 0.647. The summed E-state index contributed by atoms with van der Waals surface area (Å²) in [6, 6.07) is 175. The van der Waals surface area contributed by atoms with E-state index in [2.05, 4.69) is 507 Å². The van der Waals surface area contributed by atoms with Crippen LogP contribution in [0.15, 0.2) is 491 Å². The number of nitrogens with zero attached hydrogens (tertiary/aromatic N) is 9. The fourth-order valence-electron chi connectivity index (χ4n) is 20.3. The number of para-hydroxylation sites is 9. The lowest BCUT2D eigenvalue weighted by Crippen LogP contribution is -2.05. The van der Waals surface area contributed by atoms with Crippen LogP contribution in [-0.4, -0.2) is 42.4 Å². The summed E-state index contributed by atoms with van der Waals surface area (Å²) in [7, 11) is 0. The molecule has 0 radical (unpaired) electrons. The number of rotatable bonds is 12. The molecule has 0 amide bonds. The van der Waals surface area contributed by atoms with Crippen LogP contribution < -0.4 is 0 Å². The van der Waals surface area contributed by atoms with Gasteiger partial charge in [0, 0.05) is 104 Å². The van der Waals surface area contributed by atoms with Crippen molar-refractivity contribution in [2.75, 3.05) is 0 Å². The standard InChI is InChI=1S/C42H28N2.C41H27N3.C40H26N4/c1-4-14-29(15-5-1)31-26-32(30-16-6-2-7-17-30)28-34(27-31)44-40-23-13-11-21-36(40)38-25-24-37-35-20-10-12-22-39(35)43(41(37)42(38)44)33-18-8-3-9-19-33;1-4-14-28(15-5-1)30-26-36(29-16-6-2-7-17-29)42-39(27-30)44-38-23-13-11-21-33(38)35-25-24-34-32-20-10-12-22-37(32)43(40(34)41(35)44)31-18-8-3-9-19-31;1-4-14-27(15-5-1)34-26-35(28-16-6-2-7-17-28)42-40(41-34)44-37-23-13-11-21-31(37)33-25-24-32-30-20-10-12-22-36(30)43(38(32)39(33)44)29-18-8-3-9-19-29/h1-28H;1-27H;1-26H. The number of pyridine rings is 1. The zero-order valence-electron chi connectivity index (χ0n) is 71.8. The maximum absolute atomic E-state index is 5.39. The Labute approximate surface area is 761 Å². The van der Waals surface area contributed by atoms with Crippen LogP contribution in [0.5, 0.6) is 0 Å². The Balaban J connectivity index is 0.000000106. The Morgan fingerprint density at radius 3 is 0.652 bits per heavy atom. The van der Waals surface area contributed by atoms with E-state index in [9.17, 15) is 0 Å². The highest BCUT2D eigenvalue weighted by molar-refractivity contribution is 6.27. The number of hydrogen-bond donors (Lipinski definition) is 0. The van der Waals surface area contributed by atoms with E-state index >= 15 is 0 Å². The summed E-state index contributed by atoms with van der Waals surface area (Å²) in [4.78, 5) is 15.9. The van der Waals surface area contributed by atoms with E-state index in [-0.39, 0.29) is 0 Å². The molecule has 0 N–H and O–H groups in total. The van der Waals surface area contributed by atoms with Crippen molar-refractivity contribution in [1.29, 1.82) is 0 Å². The molecule has 0 aliphatic heterocycles. The van der Waals surface area contributed by atoms with E-state index in [1.807, 2.05) is 12.1 Å². The Morgan fingerprint density at radius 1 is 0.129 bits per heavy atom. The molecule has 8 heterocycles. The van der Waals surface area contributed by atoms with Crippen molar-refractivity contribution in [2.45, 2.75) is 0 Å². The summed E-state index contributed by atoms with van der Waals surface area (Å²) in [5, 5.41) is 14.6. The third kappa shape index (κ3) is 13.0. The van der Waals surface area contributed by atoms with Gasteiger partial charge < -0.3 is 18.3 Å². The summed E-state index contributed by atoms with van der Waals surface area (Å²) in [6.45, 7) is 0. The van der Waals surface area contributed by atoms with Crippen molar-refractivity contribution in [3.05, 3.63) is 491 Å². The number of aromatic nitrogens is 9. The third-order valence-corrected chi connectivity index (χ3v) is 26.1. The van der Waals surface area contributed by atoms with Crippen molar-refractivity contribution in [3.63, 3.8) is 0 Å². The van der Waals surface area contributed by atoms with Crippen molar-refractivity contribution in [3.8, 4) is 102 Å². The van der Waals surface area contributed by atoms with Crippen molar-refractivity contribution < 1.29 is 0 Å². The first-order chi connectivity index (χ1) is 65.5. The number of fused-ring (bicyclic) bond motifs is 21. The summed E-state index contributed by atoms with van der Waals surface area (Å²) in [6.07, 6.45) is 0. The van der Waals surface area contributed by atoms with Gasteiger partial charge in [0.2, 0.25) is 5.95 Å². The average molecular weight is 1690 g/mol. The summed E-state index contributed by atoms with van der Waals surface area (Å²) in [5.74, 6) is 1.54. The molecule has 0 unspecified atom stereocenters. The minimum atomic E-state index is 0.647. The lowest BCUT2D eigenvalue weighted by Gasteiger charge is -2.15. The Kier molecular flexibility index (Phi) is 18.7. The molecule has 0 atom stereocenters. The van der Waals surface area contributed by atoms with Gasteiger partial charge in [0.15, 0.2) is 0 Å². The second kappa shape index (κ2) is 32.3. The van der Waals surface area contributed by atoms with Crippen LogP contribution in [0, 0.1) is 0 Å². The largest absolute Gasteiger partial charge is 0.307 e. The van der Waals surface area contributed by atoms with Gasteiger partial charge in [-0.05, 0) is 143 Å². The van der Waals surface area contributed by atoms with E-state index in [1.54, 1.807) is 0 Å². The predicted molar refractivity (Wildman–Crippen MR) is 551 cm³/mol. The van der Waals surface area contributed by atoms with Crippen LogP contribution in [0.25, 0.3) is 233 Å². The molecule has 618 valence electrons. The highest BCUT2D eigenvalue weighted by Gasteiger charge is 2.28. The maximum atomic E-state index is 5.39. The van der Waals surface area contributed by atoms with Gasteiger partial charge in [-0.15, -0.1) is 0 Å². The molecule has 0 spiro atoms. The predicted octanol–water partition coefficient (Wildman–Crippen LogP) is 31.8. The van der Waals surface area contributed by atoms with Gasteiger partial charge in [-0.1, -0.05) is 382 Å². The lowest BCUT2D eigenvalue weighted by atomic mass is 9.98. The van der Waals surface area contributed by atoms with Gasteiger partial charge >= 0.3 is 0 Å². The van der Waals surface area contributed by atoms with Gasteiger partial charge in [0.05, 0.1) is 83.3 Å². The fraction of sp³-hybridized carbons (Fsp3) is 0. The molecule has 8 aromatic heterocycles. The van der Waals surface area contributed by atoms with Crippen LogP contribution in [-0.2, 0) is 0 Å². The molecular weight excluding hydrogens is 1600 g/mol. The topological polar surface area (TPSA) is 68.2 Å². The number of hydrogen-bond acceptors (Lipinski definition) is 3. The van der Waals surface area contributed by atoms with Gasteiger partial charge in [0.1, 0.15) is 5.82 Å². The van der Waals surface area contributed by atoms with E-state index in [0.29, 0.717) is 5.95 Å². The van der Waals surface area contributed by atoms with Crippen molar-refractivity contribution in [1.82, 2.24) is 42.4 Å².